The lowest BCUT2D eigenvalue weighted by Crippen LogP contribution is -2.21. The Balaban J connectivity index is 1.64. The number of rotatable bonds is 4. The van der Waals surface area contributed by atoms with Gasteiger partial charge in [-0.2, -0.15) is 0 Å². The summed E-state index contributed by atoms with van der Waals surface area (Å²) in [5.41, 5.74) is 1.45. The summed E-state index contributed by atoms with van der Waals surface area (Å²) in [6, 6.07) is 10.1. The Morgan fingerprint density at radius 3 is 2.56 bits per heavy atom. The zero-order chi connectivity index (χ0) is 18.0. The van der Waals surface area contributed by atoms with Crippen molar-refractivity contribution >= 4 is 63.3 Å². The van der Waals surface area contributed by atoms with E-state index in [0.717, 1.165) is 10.9 Å². The minimum atomic E-state index is -0.604. The van der Waals surface area contributed by atoms with Gasteiger partial charge in [-0.1, -0.05) is 53.0 Å². The minimum Gasteiger partial charge on any atom is -0.452 e. The van der Waals surface area contributed by atoms with Crippen molar-refractivity contribution < 1.29 is 14.3 Å². The fourth-order valence-corrected chi connectivity index (χ4v) is 2.85. The van der Waals surface area contributed by atoms with E-state index in [0.29, 0.717) is 5.56 Å². The second kappa shape index (κ2) is 7.35. The fraction of sp³-hybridized carbons (Fsp3) is 0.0588. The summed E-state index contributed by atoms with van der Waals surface area (Å²) >= 11 is 17.7. The lowest BCUT2D eigenvalue weighted by molar-refractivity contribution is -0.119. The first-order chi connectivity index (χ1) is 12.0. The van der Waals surface area contributed by atoms with Crippen LogP contribution < -0.4 is 5.32 Å². The molecule has 0 aliphatic rings. The second-order valence-corrected chi connectivity index (χ2v) is 6.34. The van der Waals surface area contributed by atoms with Gasteiger partial charge < -0.3 is 15.0 Å². The molecule has 25 heavy (non-hydrogen) atoms. The van der Waals surface area contributed by atoms with E-state index in [-0.39, 0.29) is 20.8 Å². The third-order valence-corrected chi connectivity index (χ3v) is 4.46. The number of amides is 1. The van der Waals surface area contributed by atoms with Crippen LogP contribution in [0.3, 0.4) is 0 Å². The smallest absolute Gasteiger partial charge is 0.340 e. The molecule has 1 aromatic heterocycles. The lowest BCUT2D eigenvalue weighted by Gasteiger charge is -2.09. The topological polar surface area (TPSA) is 71.2 Å². The summed E-state index contributed by atoms with van der Waals surface area (Å²) < 4.78 is 5.05. The van der Waals surface area contributed by atoms with Crippen molar-refractivity contribution in [2.45, 2.75) is 0 Å². The van der Waals surface area contributed by atoms with Gasteiger partial charge in [-0.3, -0.25) is 4.79 Å². The van der Waals surface area contributed by atoms with Crippen molar-refractivity contribution in [3.05, 3.63) is 63.2 Å². The van der Waals surface area contributed by atoms with Crippen molar-refractivity contribution in [3.63, 3.8) is 0 Å². The van der Waals surface area contributed by atoms with Crippen molar-refractivity contribution in [3.8, 4) is 0 Å². The van der Waals surface area contributed by atoms with Gasteiger partial charge in [-0.15, -0.1) is 0 Å². The maximum atomic E-state index is 12.2. The molecule has 3 aromatic rings. The number of hydrogen-bond donors (Lipinski definition) is 2. The molecule has 0 saturated carbocycles. The van der Waals surface area contributed by atoms with Gasteiger partial charge in [0.05, 0.1) is 26.3 Å². The number of aromatic nitrogens is 1. The number of benzene rings is 2. The summed E-state index contributed by atoms with van der Waals surface area (Å²) in [6.45, 7) is -0.463. The van der Waals surface area contributed by atoms with Gasteiger partial charge in [-0.05, 0) is 18.2 Å². The Labute approximate surface area is 157 Å². The van der Waals surface area contributed by atoms with Crippen LogP contribution >= 0.6 is 34.8 Å². The molecule has 8 heteroatoms. The number of anilines is 1. The normalized spacial score (nSPS) is 10.7. The van der Waals surface area contributed by atoms with E-state index in [1.165, 1.54) is 12.1 Å². The van der Waals surface area contributed by atoms with Crippen LogP contribution in [0.25, 0.3) is 10.9 Å². The zero-order valence-corrected chi connectivity index (χ0v) is 14.9. The molecule has 0 saturated heterocycles. The zero-order valence-electron chi connectivity index (χ0n) is 12.6. The lowest BCUT2D eigenvalue weighted by atomic mass is 10.2. The van der Waals surface area contributed by atoms with Crippen LogP contribution in [0.5, 0.6) is 0 Å². The standard InChI is InChI=1S/C17H11Cl3N2O3/c18-11-5-13(20)15(6-12(11)19)22-16(23)8-25-17(24)10-7-21-14-4-2-1-3-9(10)14/h1-7,21H,8H2,(H,22,23). The van der Waals surface area contributed by atoms with Crippen molar-refractivity contribution in [2.75, 3.05) is 11.9 Å². The van der Waals surface area contributed by atoms with Crippen LogP contribution in [-0.2, 0) is 9.53 Å². The van der Waals surface area contributed by atoms with E-state index >= 15 is 0 Å². The van der Waals surface area contributed by atoms with Gasteiger partial charge in [0.1, 0.15) is 0 Å². The average Bonchev–Trinajstić information content (AvgIpc) is 3.02. The molecule has 0 radical (unpaired) electrons. The largest absolute Gasteiger partial charge is 0.452 e. The number of fused-ring (bicyclic) bond motifs is 1. The highest BCUT2D eigenvalue weighted by Gasteiger charge is 2.15. The maximum absolute atomic E-state index is 12.2. The third-order valence-electron chi connectivity index (χ3n) is 3.43. The summed E-state index contributed by atoms with van der Waals surface area (Å²) in [5, 5.41) is 3.99. The molecule has 0 fully saturated rings. The number of hydrogen-bond acceptors (Lipinski definition) is 3. The van der Waals surface area contributed by atoms with Gasteiger partial charge in [0, 0.05) is 17.1 Å². The second-order valence-electron chi connectivity index (χ2n) is 5.12. The Hall–Kier alpha value is -2.21. The molecular formula is C17H11Cl3N2O3. The number of esters is 1. The van der Waals surface area contributed by atoms with Gasteiger partial charge in [0.2, 0.25) is 0 Å². The fourth-order valence-electron chi connectivity index (χ4n) is 2.25. The Morgan fingerprint density at radius 2 is 1.76 bits per heavy atom. The molecule has 0 unspecified atom stereocenters. The molecule has 3 rings (SSSR count). The molecule has 0 spiro atoms. The molecular weight excluding hydrogens is 387 g/mol. The molecule has 0 atom stereocenters. The number of ether oxygens (including phenoxy) is 1. The molecule has 5 nitrogen and oxygen atoms in total. The first-order valence-electron chi connectivity index (χ1n) is 7.13. The maximum Gasteiger partial charge on any atom is 0.340 e. The summed E-state index contributed by atoms with van der Waals surface area (Å²) in [5.74, 6) is -1.15. The minimum absolute atomic E-state index is 0.228. The highest BCUT2D eigenvalue weighted by Crippen LogP contribution is 2.32. The van der Waals surface area contributed by atoms with Crippen molar-refractivity contribution in [1.82, 2.24) is 4.98 Å². The Kier molecular flexibility index (Phi) is 5.18. The molecule has 128 valence electrons. The van der Waals surface area contributed by atoms with Crippen LogP contribution in [0.15, 0.2) is 42.6 Å². The highest BCUT2D eigenvalue weighted by molar-refractivity contribution is 6.44. The number of nitrogens with one attached hydrogen (secondary N) is 2. The SMILES string of the molecule is O=C(COC(=O)c1c[nH]c2ccccc12)Nc1cc(Cl)c(Cl)cc1Cl. The van der Waals surface area contributed by atoms with Gasteiger partial charge in [0.25, 0.3) is 5.91 Å². The van der Waals surface area contributed by atoms with E-state index in [1.807, 2.05) is 18.2 Å². The molecule has 1 amide bonds. The number of H-pyrrole nitrogens is 1. The van der Waals surface area contributed by atoms with Crippen molar-refractivity contribution in [1.29, 1.82) is 0 Å². The summed E-state index contributed by atoms with van der Waals surface area (Å²) in [4.78, 5) is 27.1. The number of aromatic amines is 1. The number of para-hydroxylation sites is 1. The van der Waals surface area contributed by atoms with Gasteiger partial charge in [-0.25, -0.2) is 4.79 Å². The number of halogens is 3. The van der Waals surface area contributed by atoms with Crippen LogP contribution in [0.1, 0.15) is 10.4 Å². The third kappa shape index (κ3) is 3.90. The van der Waals surface area contributed by atoms with E-state index in [1.54, 1.807) is 12.3 Å². The first kappa shape index (κ1) is 17.6. The molecule has 0 aliphatic heterocycles. The highest BCUT2D eigenvalue weighted by atomic mass is 35.5. The summed E-state index contributed by atoms with van der Waals surface area (Å²) in [7, 11) is 0. The predicted octanol–water partition coefficient (Wildman–Crippen LogP) is 4.92. The number of carbonyl (C=O) groups excluding carboxylic acids is 2. The summed E-state index contributed by atoms with van der Waals surface area (Å²) in [6.07, 6.45) is 1.54. The molecule has 2 N–H and O–H groups in total. The molecule has 0 aliphatic carbocycles. The molecule has 0 bridgehead atoms. The monoisotopic (exact) mass is 396 g/mol. The van der Waals surface area contributed by atoms with Gasteiger partial charge in [0.15, 0.2) is 6.61 Å². The predicted molar refractivity (Wildman–Crippen MR) is 98.7 cm³/mol. The van der Waals surface area contributed by atoms with Crippen LogP contribution in [0, 0.1) is 0 Å². The van der Waals surface area contributed by atoms with E-state index in [2.05, 4.69) is 10.3 Å². The van der Waals surface area contributed by atoms with Crippen LogP contribution in [0.2, 0.25) is 15.1 Å². The van der Waals surface area contributed by atoms with Crippen LogP contribution in [-0.4, -0.2) is 23.5 Å². The Morgan fingerprint density at radius 1 is 1.04 bits per heavy atom. The Bertz CT molecular complexity index is 969. The van der Waals surface area contributed by atoms with Crippen LogP contribution in [0.4, 0.5) is 5.69 Å². The van der Waals surface area contributed by atoms with E-state index < -0.39 is 18.5 Å². The van der Waals surface area contributed by atoms with E-state index in [9.17, 15) is 9.59 Å². The molecule has 1 heterocycles. The van der Waals surface area contributed by atoms with E-state index in [4.69, 9.17) is 39.5 Å². The average molecular weight is 398 g/mol. The molecule has 2 aromatic carbocycles. The number of carbonyl (C=O) groups is 2. The van der Waals surface area contributed by atoms with Gasteiger partial charge >= 0.3 is 5.97 Å². The quantitative estimate of drug-likeness (QED) is 0.485. The van der Waals surface area contributed by atoms with Crippen molar-refractivity contribution in [2.24, 2.45) is 0 Å². The first-order valence-corrected chi connectivity index (χ1v) is 8.26.